The van der Waals surface area contributed by atoms with Gasteiger partial charge in [-0.15, -0.1) is 0 Å². The van der Waals surface area contributed by atoms with E-state index in [2.05, 4.69) is 5.32 Å². The number of amides is 2. The van der Waals surface area contributed by atoms with Crippen molar-refractivity contribution in [1.29, 1.82) is 0 Å². The summed E-state index contributed by atoms with van der Waals surface area (Å²) in [6.07, 6.45) is -0.393. The summed E-state index contributed by atoms with van der Waals surface area (Å²) in [6.45, 7) is 0.360. The molecule has 2 amide bonds. The highest BCUT2D eigenvalue weighted by atomic mass is 35.5. The average Bonchev–Trinajstić information content (AvgIpc) is 2.50. The molecule has 1 aliphatic rings. The molecule has 4 nitrogen and oxygen atoms in total. The monoisotopic (exact) mass is 320 g/mol. The van der Waals surface area contributed by atoms with Gasteiger partial charge < -0.3 is 10.4 Å². The number of rotatable bonds is 1. The maximum absolute atomic E-state index is 13.3. The molecule has 0 bridgehead atoms. The Bertz CT molecular complexity index is 706. The first-order valence-corrected chi connectivity index (χ1v) is 7.24. The number of hydrogen-bond donors (Lipinski definition) is 2. The first-order chi connectivity index (χ1) is 10.5. The number of aliphatic hydroxyl groups is 1. The fourth-order valence-electron chi connectivity index (χ4n) is 2.50. The van der Waals surface area contributed by atoms with Crippen LogP contribution in [-0.2, 0) is 0 Å². The molecule has 1 atom stereocenters. The molecule has 2 N–H and O–H groups in total. The van der Waals surface area contributed by atoms with Gasteiger partial charge in [0.05, 0.1) is 11.8 Å². The van der Waals surface area contributed by atoms with Crippen LogP contribution in [0.15, 0.2) is 42.5 Å². The molecule has 2 aromatic rings. The van der Waals surface area contributed by atoms with E-state index in [-0.39, 0.29) is 6.03 Å². The lowest BCUT2D eigenvalue weighted by molar-refractivity contribution is 0.164. The highest BCUT2D eigenvalue weighted by Crippen LogP contribution is 2.34. The van der Waals surface area contributed by atoms with E-state index >= 15 is 0 Å². The van der Waals surface area contributed by atoms with E-state index in [1.165, 1.54) is 23.1 Å². The first kappa shape index (κ1) is 14.8. The van der Waals surface area contributed by atoms with Crippen LogP contribution in [0.5, 0.6) is 0 Å². The Labute approximate surface area is 132 Å². The van der Waals surface area contributed by atoms with Crippen LogP contribution in [-0.4, -0.2) is 17.7 Å². The van der Waals surface area contributed by atoms with Crippen molar-refractivity contribution in [1.82, 2.24) is 0 Å². The van der Waals surface area contributed by atoms with E-state index in [9.17, 15) is 14.3 Å². The zero-order valence-corrected chi connectivity index (χ0v) is 12.3. The third-order valence-electron chi connectivity index (χ3n) is 3.61. The molecule has 0 saturated heterocycles. The average molecular weight is 321 g/mol. The van der Waals surface area contributed by atoms with Gasteiger partial charge in [-0.25, -0.2) is 9.18 Å². The van der Waals surface area contributed by atoms with Crippen molar-refractivity contribution in [2.45, 2.75) is 12.5 Å². The summed E-state index contributed by atoms with van der Waals surface area (Å²) in [6, 6.07) is 10.5. The minimum Gasteiger partial charge on any atom is -0.388 e. The van der Waals surface area contributed by atoms with Crippen molar-refractivity contribution in [3.63, 3.8) is 0 Å². The molecular formula is C16H14ClFN2O2. The van der Waals surface area contributed by atoms with Crippen LogP contribution in [0.3, 0.4) is 0 Å². The zero-order chi connectivity index (χ0) is 15.7. The Balaban J connectivity index is 1.85. The summed E-state index contributed by atoms with van der Waals surface area (Å²) in [4.78, 5) is 13.9. The lowest BCUT2D eigenvalue weighted by atomic mass is 9.99. The molecule has 22 heavy (non-hydrogen) atoms. The smallest absolute Gasteiger partial charge is 0.326 e. The number of carbonyl (C=O) groups is 1. The normalized spacial score (nSPS) is 17.0. The van der Waals surface area contributed by atoms with Crippen LogP contribution in [0, 0.1) is 5.82 Å². The van der Waals surface area contributed by atoms with E-state index in [0.29, 0.717) is 34.9 Å². The van der Waals surface area contributed by atoms with Crippen LogP contribution in [0.2, 0.25) is 5.02 Å². The van der Waals surface area contributed by atoms with Gasteiger partial charge in [0.1, 0.15) is 5.82 Å². The Morgan fingerprint density at radius 3 is 2.73 bits per heavy atom. The highest BCUT2D eigenvalue weighted by molar-refractivity contribution is 6.30. The maximum Gasteiger partial charge on any atom is 0.326 e. The van der Waals surface area contributed by atoms with Crippen LogP contribution >= 0.6 is 11.6 Å². The number of nitrogens with one attached hydrogen (secondary N) is 1. The maximum atomic E-state index is 13.3. The topological polar surface area (TPSA) is 52.6 Å². The molecule has 0 saturated carbocycles. The van der Waals surface area contributed by atoms with Gasteiger partial charge in [0.25, 0.3) is 0 Å². The molecule has 1 unspecified atom stereocenters. The van der Waals surface area contributed by atoms with E-state index in [0.717, 1.165) is 0 Å². The Kier molecular flexibility index (Phi) is 4.00. The number of urea groups is 1. The first-order valence-electron chi connectivity index (χ1n) is 6.86. The highest BCUT2D eigenvalue weighted by Gasteiger charge is 2.28. The van der Waals surface area contributed by atoms with Gasteiger partial charge in [-0.1, -0.05) is 11.6 Å². The molecule has 3 rings (SSSR count). The van der Waals surface area contributed by atoms with Gasteiger partial charge in [-0.2, -0.15) is 0 Å². The molecule has 0 fully saturated rings. The van der Waals surface area contributed by atoms with Crippen molar-refractivity contribution >= 4 is 29.0 Å². The van der Waals surface area contributed by atoms with Gasteiger partial charge >= 0.3 is 6.03 Å². The van der Waals surface area contributed by atoms with Gasteiger partial charge in [0.15, 0.2) is 0 Å². The Morgan fingerprint density at radius 1 is 1.27 bits per heavy atom. The standard InChI is InChI=1S/C16H14ClFN2O2/c17-10-1-4-12(5-2-10)19-16(22)20-8-7-15(21)13-9-11(18)3-6-14(13)20/h1-6,9,15,21H,7-8H2,(H,19,22). The summed E-state index contributed by atoms with van der Waals surface area (Å²) < 4.78 is 13.3. The molecule has 0 aliphatic carbocycles. The number of anilines is 2. The second-order valence-electron chi connectivity index (χ2n) is 5.10. The van der Waals surface area contributed by atoms with Crippen LogP contribution in [0.25, 0.3) is 0 Å². The fourth-order valence-corrected chi connectivity index (χ4v) is 2.63. The number of aliphatic hydroxyl groups excluding tert-OH is 1. The van der Waals surface area contributed by atoms with E-state index < -0.39 is 11.9 Å². The number of halogens is 2. The number of hydrogen-bond acceptors (Lipinski definition) is 2. The number of benzene rings is 2. The van der Waals surface area contributed by atoms with Gasteiger partial charge in [0.2, 0.25) is 0 Å². The minimum atomic E-state index is -0.759. The second kappa shape index (κ2) is 5.94. The quantitative estimate of drug-likeness (QED) is 0.835. The molecule has 1 aliphatic heterocycles. The van der Waals surface area contributed by atoms with Crippen molar-refractivity contribution in [2.24, 2.45) is 0 Å². The summed E-state index contributed by atoms with van der Waals surface area (Å²) in [7, 11) is 0. The van der Waals surface area contributed by atoms with Gasteiger partial charge in [0, 0.05) is 22.8 Å². The molecule has 6 heteroatoms. The molecule has 114 valence electrons. The largest absolute Gasteiger partial charge is 0.388 e. The Morgan fingerprint density at radius 2 is 2.00 bits per heavy atom. The van der Waals surface area contributed by atoms with Gasteiger partial charge in [-0.3, -0.25) is 4.90 Å². The lowest BCUT2D eigenvalue weighted by Gasteiger charge is -2.32. The fraction of sp³-hybridized carbons (Fsp3) is 0.188. The van der Waals surface area contributed by atoms with Crippen molar-refractivity contribution in [2.75, 3.05) is 16.8 Å². The predicted molar refractivity (Wildman–Crippen MR) is 83.8 cm³/mol. The molecule has 0 aromatic heterocycles. The van der Waals surface area contributed by atoms with Crippen molar-refractivity contribution < 1.29 is 14.3 Å². The van der Waals surface area contributed by atoms with Crippen LogP contribution in [0.1, 0.15) is 18.1 Å². The van der Waals surface area contributed by atoms with E-state index in [1.54, 1.807) is 24.3 Å². The minimum absolute atomic E-state index is 0.331. The SMILES string of the molecule is O=C(Nc1ccc(Cl)cc1)N1CCC(O)c2cc(F)ccc21. The summed E-state index contributed by atoms with van der Waals surface area (Å²) in [5.74, 6) is -0.433. The molecule has 0 spiro atoms. The number of fused-ring (bicyclic) bond motifs is 1. The molecule has 0 radical (unpaired) electrons. The van der Waals surface area contributed by atoms with Crippen LogP contribution < -0.4 is 10.2 Å². The lowest BCUT2D eigenvalue weighted by Crippen LogP contribution is -2.39. The van der Waals surface area contributed by atoms with Crippen molar-refractivity contribution in [3.05, 3.63) is 58.9 Å². The third-order valence-corrected chi connectivity index (χ3v) is 3.86. The summed E-state index contributed by atoms with van der Waals surface area (Å²) in [5.41, 5.74) is 1.56. The molecule has 1 heterocycles. The predicted octanol–water partition coefficient (Wildman–Crippen LogP) is 3.95. The Hall–Kier alpha value is -2.11. The second-order valence-corrected chi connectivity index (χ2v) is 5.53. The molecule has 2 aromatic carbocycles. The number of nitrogens with zero attached hydrogens (tertiary/aromatic N) is 1. The van der Waals surface area contributed by atoms with Gasteiger partial charge in [-0.05, 0) is 48.9 Å². The summed E-state index contributed by atoms with van der Waals surface area (Å²) in [5, 5.41) is 13.3. The zero-order valence-electron chi connectivity index (χ0n) is 11.6. The number of carbonyl (C=O) groups excluding carboxylic acids is 1. The van der Waals surface area contributed by atoms with Crippen molar-refractivity contribution in [3.8, 4) is 0 Å². The third kappa shape index (κ3) is 2.91. The van der Waals surface area contributed by atoms with E-state index in [4.69, 9.17) is 11.6 Å². The summed E-state index contributed by atoms with van der Waals surface area (Å²) >= 11 is 5.81. The molecular weight excluding hydrogens is 307 g/mol. The van der Waals surface area contributed by atoms with Crippen LogP contribution in [0.4, 0.5) is 20.6 Å². The van der Waals surface area contributed by atoms with E-state index in [1.807, 2.05) is 0 Å².